The number of unbranched alkanes of at least 4 members (excludes halogenated alkanes) is 1. The lowest BCUT2D eigenvalue weighted by Crippen LogP contribution is -2.39. The predicted octanol–water partition coefficient (Wildman–Crippen LogP) is 4.27. The van der Waals surface area contributed by atoms with E-state index in [1.807, 2.05) is 0 Å². The number of rotatable bonds is 14. The van der Waals surface area contributed by atoms with Gasteiger partial charge in [-0.05, 0) is 71.0 Å². The molecule has 1 rings (SSSR count). The van der Waals surface area contributed by atoms with Crippen LogP contribution in [-0.2, 0) is 4.74 Å². The normalized spacial score (nSPS) is 16.4. The van der Waals surface area contributed by atoms with Crippen LogP contribution in [0.15, 0.2) is 4.99 Å². The van der Waals surface area contributed by atoms with Crippen molar-refractivity contribution in [2.75, 3.05) is 52.5 Å². The average Bonchev–Trinajstić information content (AvgIpc) is 3.12. The first kappa shape index (κ1) is 26.9. The van der Waals surface area contributed by atoms with Gasteiger partial charge in [-0.15, -0.1) is 24.0 Å². The molecule has 5 nitrogen and oxygen atoms in total. The Bertz CT molecular complexity index is 369. The highest BCUT2D eigenvalue weighted by molar-refractivity contribution is 14.0. The summed E-state index contributed by atoms with van der Waals surface area (Å²) in [6, 6.07) is 0. The highest BCUT2D eigenvalue weighted by Crippen LogP contribution is 2.41. The summed E-state index contributed by atoms with van der Waals surface area (Å²) in [5.41, 5.74) is 0.361. The summed E-state index contributed by atoms with van der Waals surface area (Å²) < 4.78 is 5.62. The van der Waals surface area contributed by atoms with E-state index in [2.05, 4.69) is 43.2 Å². The van der Waals surface area contributed by atoms with Crippen LogP contribution in [0.1, 0.15) is 72.6 Å². The van der Waals surface area contributed by atoms with Gasteiger partial charge < -0.3 is 20.3 Å². The predicted molar refractivity (Wildman–Crippen MR) is 128 cm³/mol. The molecule has 1 fully saturated rings. The summed E-state index contributed by atoms with van der Waals surface area (Å²) in [5, 5.41) is 6.94. The second-order valence-corrected chi connectivity index (χ2v) is 7.51. The second-order valence-electron chi connectivity index (χ2n) is 7.51. The molecule has 1 saturated carbocycles. The van der Waals surface area contributed by atoms with Crippen molar-refractivity contribution in [2.24, 2.45) is 10.4 Å². The average molecular weight is 497 g/mol. The van der Waals surface area contributed by atoms with Crippen LogP contribution >= 0.6 is 24.0 Å². The van der Waals surface area contributed by atoms with Gasteiger partial charge in [0.1, 0.15) is 0 Å². The van der Waals surface area contributed by atoms with Crippen molar-refractivity contribution in [3.05, 3.63) is 0 Å². The van der Waals surface area contributed by atoms with Gasteiger partial charge in [-0.2, -0.15) is 0 Å². The largest absolute Gasteiger partial charge is 0.382 e. The topological polar surface area (TPSA) is 48.9 Å². The zero-order valence-electron chi connectivity index (χ0n) is 18.3. The minimum atomic E-state index is 0. The van der Waals surface area contributed by atoms with E-state index in [0.717, 1.165) is 58.3 Å². The van der Waals surface area contributed by atoms with Crippen LogP contribution in [0, 0.1) is 5.41 Å². The minimum Gasteiger partial charge on any atom is -0.382 e. The fourth-order valence-electron chi connectivity index (χ4n) is 3.84. The Labute approximate surface area is 185 Å². The molecule has 0 heterocycles. The van der Waals surface area contributed by atoms with E-state index in [9.17, 15) is 0 Å². The van der Waals surface area contributed by atoms with Crippen molar-refractivity contribution in [3.63, 3.8) is 0 Å². The molecular weight excluding hydrogens is 451 g/mol. The summed E-state index contributed by atoms with van der Waals surface area (Å²) >= 11 is 0. The van der Waals surface area contributed by atoms with Gasteiger partial charge >= 0.3 is 0 Å². The maximum absolute atomic E-state index is 5.62. The molecule has 1 aliphatic carbocycles. The van der Waals surface area contributed by atoms with Gasteiger partial charge in [0, 0.05) is 32.8 Å². The highest BCUT2D eigenvalue weighted by atomic mass is 127. The molecular formula is C21H45IN4O. The number of halogens is 1. The van der Waals surface area contributed by atoms with E-state index in [1.165, 1.54) is 45.1 Å². The molecule has 162 valence electrons. The van der Waals surface area contributed by atoms with Crippen LogP contribution in [0.4, 0.5) is 0 Å². The Hall–Kier alpha value is -0.0800. The molecule has 2 N–H and O–H groups in total. The zero-order valence-corrected chi connectivity index (χ0v) is 20.6. The van der Waals surface area contributed by atoms with Crippen LogP contribution < -0.4 is 10.6 Å². The van der Waals surface area contributed by atoms with Gasteiger partial charge in [0.05, 0.1) is 0 Å². The number of ether oxygens (including phenoxy) is 1. The summed E-state index contributed by atoms with van der Waals surface area (Å²) in [5.74, 6) is 0.984. The summed E-state index contributed by atoms with van der Waals surface area (Å²) in [7, 11) is 0. The Kier molecular flexibility index (Phi) is 16.8. The quantitative estimate of drug-likeness (QED) is 0.163. The van der Waals surface area contributed by atoms with Crippen molar-refractivity contribution in [2.45, 2.75) is 72.6 Å². The Morgan fingerprint density at radius 2 is 1.74 bits per heavy atom. The van der Waals surface area contributed by atoms with Crippen molar-refractivity contribution in [1.82, 2.24) is 15.5 Å². The smallest absolute Gasteiger partial charge is 0.191 e. The van der Waals surface area contributed by atoms with Gasteiger partial charge in [-0.3, -0.25) is 4.99 Å². The van der Waals surface area contributed by atoms with E-state index in [1.54, 1.807) is 0 Å². The molecule has 0 unspecified atom stereocenters. The molecule has 0 aliphatic heterocycles. The number of hydrogen-bond donors (Lipinski definition) is 2. The van der Waals surface area contributed by atoms with Crippen LogP contribution in [0.5, 0.6) is 0 Å². The van der Waals surface area contributed by atoms with Gasteiger partial charge in [0.2, 0.25) is 0 Å². The molecule has 0 aromatic rings. The first-order chi connectivity index (χ1) is 12.7. The molecule has 6 heteroatoms. The van der Waals surface area contributed by atoms with E-state index in [0.29, 0.717) is 5.41 Å². The van der Waals surface area contributed by atoms with Gasteiger partial charge in [-0.25, -0.2) is 0 Å². The third-order valence-corrected chi connectivity index (χ3v) is 5.65. The molecule has 0 radical (unpaired) electrons. The Morgan fingerprint density at radius 1 is 1.04 bits per heavy atom. The monoisotopic (exact) mass is 496 g/mol. The fourth-order valence-corrected chi connectivity index (χ4v) is 3.84. The number of nitrogens with zero attached hydrogens (tertiary/aromatic N) is 2. The molecule has 0 spiro atoms. The van der Waals surface area contributed by atoms with Gasteiger partial charge in [0.25, 0.3) is 0 Å². The van der Waals surface area contributed by atoms with Crippen LogP contribution in [-0.4, -0.2) is 63.3 Å². The Balaban J connectivity index is 0.00000676. The van der Waals surface area contributed by atoms with Crippen LogP contribution in [0.25, 0.3) is 0 Å². The number of aliphatic imine (C=N–C) groups is 1. The zero-order chi connectivity index (χ0) is 19.1. The van der Waals surface area contributed by atoms with Crippen molar-refractivity contribution >= 4 is 29.9 Å². The standard InChI is InChI=1S/C21H44N4O.HI/c1-5-22-20(23-16-11-12-17-25(6-2)7-3)24-19-21(13-9-10-14-21)15-18-26-8-4;/h5-19H2,1-4H3,(H2,22,23,24);1H. The van der Waals surface area contributed by atoms with Gasteiger partial charge in [-0.1, -0.05) is 26.7 Å². The van der Waals surface area contributed by atoms with Gasteiger partial charge in [0.15, 0.2) is 5.96 Å². The van der Waals surface area contributed by atoms with E-state index >= 15 is 0 Å². The molecule has 27 heavy (non-hydrogen) atoms. The number of hydrogen-bond acceptors (Lipinski definition) is 3. The summed E-state index contributed by atoms with van der Waals surface area (Å²) in [6.45, 7) is 16.7. The van der Waals surface area contributed by atoms with Crippen LogP contribution in [0.3, 0.4) is 0 Å². The molecule has 0 bridgehead atoms. The lowest BCUT2D eigenvalue weighted by molar-refractivity contribution is 0.107. The highest BCUT2D eigenvalue weighted by Gasteiger charge is 2.33. The van der Waals surface area contributed by atoms with Crippen molar-refractivity contribution < 1.29 is 4.74 Å². The Morgan fingerprint density at radius 3 is 2.33 bits per heavy atom. The first-order valence-electron chi connectivity index (χ1n) is 11.0. The second kappa shape index (κ2) is 16.8. The summed E-state index contributed by atoms with van der Waals surface area (Å²) in [6.07, 6.45) is 8.87. The SMILES string of the molecule is CCNC(=NCC1(CCOCC)CCCC1)NCCCCN(CC)CC.I. The molecule has 0 amide bonds. The van der Waals surface area contributed by atoms with Crippen LogP contribution in [0.2, 0.25) is 0 Å². The number of nitrogens with one attached hydrogen (secondary N) is 2. The van der Waals surface area contributed by atoms with E-state index in [-0.39, 0.29) is 24.0 Å². The molecule has 1 aliphatic rings. The lowest BCUT2D eigenvalue weighted by Gasteiger charge is -2.27. The first-order valence-corrected chi connectivity index (χ1v) is 11.0. The van der Waals surface area contributed by atoms with Crippen molar-refractivity contribution in [3.8, 4) is 0 Å². The lowest BCUT2D eigenvalue weighted by atomic mass is 9.83. The molecule has 0 aromatic carbocycles. The van der Waals surface area contributed by atoms with Crippen molar-refractivity contribution in [1.29, 1.82) is 0 Å². The third-order valence-electron chi connectivity index (χ3n) is 5.65. The maximum Gasteiger partial charge on any atom is 0.191 e. The minimum absolute atomic E-state index is 0. The maximum atomic E-state index is 5.62. The van der Waals surface area contributed by atoms with E-state index < -0.39 is 0 Å². The third kappa shape index (κ3) is 11.5. The van der Waals surface area contributed by atoms with E-state index in [4.69, 9.17) is 9.73 Å². The molecule has 0 saturated heterocycles. The number of guanidine groups is 1. The molecule has 0 aromatic heterocycles. The fraction of sp³-hybridized carbons (Fsp3) is 0.952. The summed E-state index contributed by atoms with van der Waals surface area (Å²) in [4.78, 5) is 7.43. The molecule has 0 atom stereocenters.